The third kappa shape index (κ3) is 2.91. The minimum atomic E-state index is 0.128. The van der Waals surface area contributed by atoms with Crippen molar-refractivity contribution in [2.75, 3.05) is 25.5 Å². The summed E-state index contributed by atoms with van der Waals surface area (Å²) < 4.78 is 0. The Morgan fingerprint density at radius 3 is 2.89 bits per heavy atom. The highest BCUT2D eigenvalue weighted by Gasteiger charge is 2.24. The third-order valence-corrected chi connectivity index (χ3v) is 3.86. The van der Waals surface area contributed by atoms with Gasteiger partial charge in [-0.25, -0.2) is 0 Å². The van der Waals surface area contributed by atoms with E-state index < -0.39 is 0 Å². The maximum absolute atomic E-state index is 12.2. The molecule has 3 nitrogen and oxygen atoms in total. The Morgan fingerprint density at radius 2 is 2.17 bits per heavy atom. The number of benzene rings is 1. The lowest BCUT2D eigenvalue weighted by Gasteiger charge is -2.29. The predicted molar refractivity (Wildman–Crippen MR) is 74.8 cm³/mol. The maximum atomic E-state index is 12.2. The van der Waals surface area contributed by atoms with Crippen molar-refractivity contribution in [1.82, 2.24) is 4.90 Å². The van der Waals surface area contributed by atoms with Gasteiger partial charge in [-0.15, -0.1) is 0 Å². The number of nitrogens with one attached hydrogen (secondary N) is 1. The number of piperidine rings is 1. The van der Waals surface area contributed by atoms with Crippen LogP contribution >= 0.6 is 0 Å². The number of hydrogen-bond donors (Lipinski definition) is 1. The van der Waals surface area contributed by atoms with Gasteiger partial charge in [0.2, 0.25) is 5.91 Å². The fourth-order valence-electron chi connectivity index (χ4n) is 2.50. The molecule has 98 valence electrons. The van der Waals surface area contributed by atoms with E-state index in [2.05, 4.69) is 37.2 Å². The first-order valence-corrected chi connectivity index (χ1v) is 6.63. The number of nitrogens with zero attached hydrogens (tertiary/aromatic N) is 1. The monoisotopic (exact) mass is 246 g/mol. The molecule has 0 bridgehead atoms. The summed E-state index contributed by atoms with van der Waals surface area (Å²) in [5, 5.41) is 3.08. The van der Waals surface area contributed by atoms with Gasteiger partial charge in [0.25, 0.3) is 0 Å². The van der Waals surface area contributed by atoms with E-state index in [0.717, 1.165) is 37.2 Å². The smallest absolute Gasteiger partial charge is 0.228 e. The quantitative estimate of drug-likeness (QED) is 0.870. The van der Waals surface area contributed by atoms with Crippen LogP contribution in [0, 0.1) is 19.8 Å². The number of aryl methyl sites for hydroxylation is 1. The van der Waals surface area contributed by atoms with Gasteiger partial charge in [-0.05, 0) is 57.5 Å². The summed E-state index contributed by atoms with van der Waals surface area (Å²) in [7, 11) is 2.08. The van der Waals surface area contributed by atoms with Gasteiger partial charge < -0.3 is 10.2 Å². The van der Waals surface area contributed by atoms with Gasteiger partial charge in [-0.3, -0.25) is 4.79 Å². The highest BCUT2D eigenvalue weighted by Crippen LogP contribution is 2.21. The van der Waals surface area contributed by atoms with Crippen LogP contribution in [0.15, 0.2) is 18.2 Å². The Kier molecular flexibility index (Phi) is 4.02. The summed E-state index contributed by atoms with van der Waals surface area (Å²) in [6.45, 7) is 6.10. The van der Waals surface area contributed by atoms with E-state index in [0.29, 0.717) is 0 Å². The minimum Gasteiger partial charge on any atom is -0.326 e. The standard InChI is InChI=1S/C15H22N2O/c1-11-6-4-8-14(12(11)2)16-15(18)13-7-5-9-17(3)10-13/h4,6,8,13H,5,7,9-10H2,1-3H3,(H,16,18)/t13-/m0/s1. The van der Waals surface area contributed by atoms with Crippen LogP contribution < -0.4 is 5.32 Å². The van der Waals surface area contributed by atoms with Gasteiger partial charge in [-0.2, -0.15) is 0 Å². The Morgan fingerprint density at radius 1 is 1.39 bits per heavy atom. The second-order valence-corrected chi connectivity index (χ2v) is 5.34. The number of likely N-dealkylation sites (tertiary alicyclic amines) is 1. The van der Waals surface area contributed by atoms with E-state index >= 15 is 0 Å². The van der Waals surface area contributed by atoms with Crippen molar-refractivity contribution in [3.05, 3.63) is 29.3 Å². The van der Waals surface area contributed by atoms with Crippen LogP contribution in [0.1, 0.15) is 24.0 Å². The lowest BCUT2D eigenvalue weighted by Crippen LogP contribution is -2.38. The van der Waals surface area contributed by atoms with Gasteiger partial charge in [0.15, 0.2) is 0 Å². The molecular formula is C15H22N2O. The van der Waals surface area contributed by atoms with Crippen LogP contribution in [-0.4, -0.2) is 30.9 Å². The number of hydrogen-bond acceptors (Lipinski definition) is 2. The average Bonchev–Trinajstić information content (AvgIpc) is 2.35. The molecule has 0 unspecified atom stereocenters. The molecule has 0 aromatic heterocycles. The van der Waals surface area contributed by atoms with Crippen LogP contribution in [-0.2, 0) is 4.79 Å². The molecule has 1 fully saturated rings. The summed E-state index contributed by atoms with van der Waals surface area (Å²) in [5.41, 5.74) is 3.33. The summed E-state index contributed by atoms with van der Waals surface area (Å²) in [6.07, 6.45) is 2.11. The Bertz CT molecular complexity index is 442. The summed E-state index contributed by atoms with van der Waals surface area (Å²) >= 11 is 0. The Balaban J connectivity index is 2.04. The van der Waals surface area contributed by atoms with Crippen molar-refractivity contribution in [3.63, 3.8) is 0 Å². The van der Waals surface area contributed by atoms with Crippen LogP contribution in [0.3, 0.4) is 0 Å². The lowest BCUT2D eigenvalue weighted by atomic mass is 9.97. The fourth-order valence-corrected chi connectivity index (χ4v) is 2.50. The van der Waals surface area contributed by atoms with Gasteiger partial charge in [0.05, 0.1) is 5.92 Å². The topological polar surface area (TPSA) is 32.3 Å². The third-order valence-electron chi connectivity index (χ3n) is 3.86. The van der Waals surface area contributed by atoms with Crippen molar-refractivity contribution in [2.24, 2.45) is 5.92 Å². The Labute approximate surface area is 109 Å². The van der Waals surface area contributed by atoms with Gasteiger partial charge >= 0.3 is 0 Å². The highest BCUT2D eigenvalue weighted by molar-refractivity contribution is 5.93. The van der Waals surface area contributed by atoms with Crippen LogP contribution in [0.5, 0.6) is 0 Å². The van der Waals surface area contributed by atoms with Crippen molar-refractivity contribution in [1.29, 1.82) is 0 Å². The van der Waals surface area contributed by atoms with Gasteiger partial charge in [0, 0.05) is 12.2 Å². The van der Waals surface area contributed by atoms with Crippen LogP contribution in [0.2, 0.25) is 0 Å². The summed E-state index contributed by atoms with van der Waals surface area (Å²) in [5.74, 6) is 0.291. The zero-order valence-electron chi connectivity index (χ0n) is 11.5. The fraction of sp³-hybridized carbons (Fsp3) is 0.533. The molecule has 1 N–H and O–H groups in total. The highest BCUT2D eigenvalue weighted by atomic mass is 16.1. The van der Waals surface area contributed by atoms with Crippen molar-refractivity contribution in [3.8, 4) is 0 Å². The molecule has 1 saturated heterocycles. The van der Waals surface area contributed by atoms with Crippen molar-refractivity contribution >= 4 is 11.6 Å². The van der Waals surface area contributed by atoms with Crippen LogP contribution in [0.25, 0.3) is 0 Å². The maximum Gasteiger partial charge on any atom is 0.228 e. The molecule has 2 rings (SSSR count). The van der Waals surface area contributed by atoms with E-state index in [4.69, 9.17) is 0 Å². The van der Waals surface area contributed by atoms with E-state index in [1.54, 1.807) is 0 Å². The molecule has 1 aliphatic rings. The summed E-state index contributed by atoms with van der Waals surface area (Å²) in [6, 6.07) is 6.04. The van der Waals surface area contributed by atoms with Gasteiger partial charge in [0.1, 0.15) is 0 Å². The molecule has 3 heteroatoms. The number of rotatable bonds is 2. The van der Waals surface area contributed by atoms with E-state index in [9.17, 15) is 4.79 Å². The molecule has 1 atom stereocenters. The summed E-state index contributed by atoms with van der Waals surface area (Å²) in [4.78, 5) is 14.5. The minimum absolute atomic E-state index is 0.128. The largest absolute Gasteiger partial charge is 0.326 e. The SMILES string of the molecule is Cc1cccc(NC(=O)[C@H]2CCCN(C)C2)c1C. The van der Waals surface area contributed by atoms with Crippen molar-refractivity contribution in [2.45, 2.75) is 26.7 Å². The molecular weight excluding hydrogens is 224 g/mol. The molecule has 1 aliphatic heterocycles. The van der Waals surface area contributed by atoms with Gasteiger partial charge in [-0.1, -0.05) is 12.1 Å². The zero-order valence-corrected chi connectivity index (χ0v) is 11.5. The van der Waals surface area contributed by atoms with E-state index in [-0.39, 0.29) is 11.8 Å². The van der Waals surface area contributed by atoms with Crippen molar-refractivity contribution < 1.29 is 4.79 Å². The number of anilines is 1. The molecule has 1 aromatic rings. The number of carbonyl (C=O) groups excluding carboxylic acids is 1. The molecule has 0 aliphatic carbocycles. The lowest BCUT2D eigenvalue weighted by molar-refractivity contribution is -0.121. The average molecular weight is 246 g/mol. The van der Waals surface area contributed by atoms with E-state index in [1.807, 2.05) is 12.1 Å². The van der Waals surface area contributed by atoms with Crippen LogP contribution in [0.4, 0.5) is 5.69 Å². The molecule has 1 amide bonds. The Hall–Kier alpha value is -1.35. The molecule has 1 heterocycles. The molecule has 18 heavy (non-hydrogen) atoms. The number of amides is 1. The van der Waals surface area contributed by atoms with E-state index in [1.165, 1.54) is 5.56 Å². The predicted octanol–water partition coefficient (Wildman–Crippen LogP) is 2.58. The first-order chi connectivity index (χ1) is 8.58. The molecule has 0 saturated carbocycles. The molecule has 0 radical (unpaired) electrons. The number of carbonyl (C=O) groups is 1. The first-order valence-electron chi connectivity index (χ1n) is 6.63. The zero-order chi connectivity index (χ0) is 13.1. The molecule has 1 aromatic carbocycles. The second kappa shape index (κ2) is 5.53. The second-order valence-electron chi connectivity index (χ2n) is 5.34. The normalized spacial score (nSPS) is 20.7. The molecule has 0 spiro atoms. The first kappa shape index (κ1) is 13.1.